The van der Waals surface area contributed by atoms with E-state index in [1.807, 2.05) is 0 Å². The molecule has 16 heteroatoms. The van der Waals surface area contributed by atoms with Gasteiger partial charge in [0.1, 0.15) is 18.1 Å². The fraction of sp³-hybridized carbons (Fsp3) is 0.393. The summed E-state index contributed by atoms with van der Waals surface area (Å²) in [6, 6.07) is 4.44. The van der Waals surface area contributed by atoms with Crippen molar-refractivity contribution >= 4 is 63.4 Å². The highest BCUT2D eigenvalue weighted by Crippen LogP contribution is 2.40. The predicted molar refractivity (Wildman–Crippen MR) is 159 cm³/mol. The summed E-state index contributed by atoms with van der Waals surface area (Å²) in [5.41, 5.74) is -1.12. The number of ether oxygens (including phenoxy) is 2. The van der Waals surface area contributed by atoms with Crippen LogP contribution in [-0.4, -0.2) is 65.8 Å². The number of aromatic nitrogens is 1. The van der Waals surface area contributed by atoms with Crippen molar-refractivity contribution in [3.63, 3.8) is 0 Å². The SMILES string of the molecule is COc1c(N2CC(C)N(C(=O)CCl)C(C)C2)c(F)cc2c(=O)c(OC(=O)NCc3ccc(Cl)cc3Cl)cn(CC(F)(F)F)c12. The molecule has 0 aliphatic carbocycles. The third-order valence-electron chi connectivity index (χ3n) is 7.04. The molecule has 1 aromatic heterocycles. The molecule has 1 N–H and O–H groups in total. The van der Waals surface area contributed by atoms with Crippen LogP contribution in [0.5, 0.6) is 11.5 Å². The Bertz CT molecular complexity index is 1640. The second kappa shape index (κ2) is 13.3. The summed E-state index contributed by atoms with van der Waals surface area (Å²) in [7, 11) is 1.14. The number of carbonyl (C=O) groups excluding carboxylic acids is 2. The maximum atomic E-state index is 15.8. The Balaban J connectivity index is 1.76. The smallest absolute Gasteiger partial charge is 0.413 e. The third kappa shape index (κ3) is 7.10. The number of amides is 2. The molecule has 238 valence electrons. The minimum absolute atomic E-state index is 0.105. The van der Waals surface area contributed by atoms with Gasteiger partial charge in [-0.05, 0) is 37.6 Å². The number of pyridine rings is 1. The van der Waals surface area contributed by atoms with Gasteiger partial charge in [0.05, 0.1) is 24.2 Å². The minimum Gasteiger partial charge on any atom is -0.492 e. The first-order chi connectivity index (χ1) is 20.6. The minimum atomic E-state index is -4.79. The molecule has 3 aromatic rings. The Morgan fingerprint density at radius 1 is 1.11 bits per heavy atom. The van der Waals surface area contributed by atoms with Crippen molar-refractivity contribution in [2.45, 2.75) is 45.2 Å². The van der Waals surface area contributed by atoms with Crippen LogP contribution in [-0.2, 0) is 17.9 Å². The lowest BCUT2D eigenvalue weighted by Crippen LogP contribution is -2.59. The van der Waals surface area contributed by atoms with Crippen molar-refractivity contribution in [1.82, 2.24) is 14.8 Å². The molecule has 2 unspecified atom stereocenters. The number of methoxy groups -OCH3 is 1. The van der Waals surface area contributed by atoms with Crippen molar-refractivity contribution in [3.05, 3.63) is 62.1 Å². The lowest BCUT2D eigenvalue weighted by Gasteiger charge is -2.45. The van der Waals surface area contributed by atoms with E-state index in [1.165, 1.54) is 12.1 Å². The molecule has 1 aliphatic rings. The molecule has 2 atom stereocenters. The van der Waals surface area contributed by atoms with Crippen LogP contribution in [0.1, 0.15) is 19.4 Å². The Kier molecular flexibility index (Phi) is 10.1. The number of nitrogens with zero attached hydrogens (tertiary/aromatic N) is 3. The summed E-state index contributed by atoms with van der Waals surface area (Å²) >= 11 is 17.7. The Labute approximate surface area is 264 Å². The number of piperazine rings is 1. The fourth-order valence-corrected chi connectivity index (χ4v) is 5.99. The molecular formula is C28H27Cl3F4N4O5. The van der Waals surface area contributed by atoms with Crippen LogP contribution >= 0.6 is 34.8 Å². The summed E-state index contributed by atoms with van der Waals surface area (Å²) < 4.78 is 68.2. The van der Waals surface area contributed by atoms with Gasteiger partial charge in [-0.2, -0.15) is 13.2 Å². The summed E-state index contributed by atoms with van der Waals surface area (Å²) in [4.78, 5) is 41.4. The van der Waals surface area contributed by atoms with E-state index in [4.69, 9.17) is 44.3 Å². The molecule has 1 saturated heterocycles. The van der Waals surface area contributed by atoms with Gasteiger partial charge in [0.15, 0.2) is 17.3 Å². The van der Waals surface area contributed by atoms with Crippen molar-refractivity contribution in [3.8, 4) is 11.5 Å². The van der Waals surface area contributed by atoms with Gasteiger partial charge in [-0.1, -0.05) is 29.3 Å². The summed E-state index contributed by atoms with van der Waals surface area (Å²) in [6.45, 7) is 1.91. The second-order valence-electron chi connectivity index (χ2n) is 10.2. The summed E-state index contributed by atoms with van der Waals surface area (Å²) in [5.74, 6) is -2.62. The van der Waals surface area contributed by atoms with E-state index in [0.717, 1.165) is 19.4 Å². The van der Waals surface area contributed by atoms with Gasteiger partial charge in [-0.3, -0.25) is 9.59 Å². The van der Waals surface area contributed by atoms with Crippen LogP contribution in [0.2, 0.25) is 10.0 Å². The standard InChI is InChI=1S/C28H27Cl3F4N4O5/c1-14-10-37(11-15(2)39(14)22(40)8-29)24-20(32)7-18-23(26(24)43-3)38(13-28(33,34)35)12-21(25(18)41)44-27(42)36-9-16-4-5-17(30)6-19(16)31/h4-7,12,14-15H,8-11,13H2,1-3H3,(H,36,42). The normalized spacial score (nSPS) is 17.1. The number of anilines is 1. The van der Waals surface area contributed by atoms with Gasteiger partial charge in [-0.25, -0.2) is 9.18 Å². The van der Waals surface area contributed by atoms with Gasteiger partial charge in [-0.15, -0.1) is 11.6 Å². The van der Waals surface area contributed by atoms with E-state index >= 15 is 4.39 Å². The molecule has 1 fully saturated rings. The molecule has 4 rings (SSSR count). The monoisotopic (exact) mass is 680 g/mol. The van der Waals surface area contributed by atoms with Crippen molar-refractivity contribution < 1.29 is 36.6 Å². The molecule has 0 bridgehead atoms. The Morgan fingerprint density at radius 3 is 2.34 bits per heavy atom. The van der Waals surface area contributed by atoms with Crippen molar-refractivity contribution in [2.75, 3.05) is 31.0 Å². The highest BCUT2D eigenvalue weighted by atomic mass is 35.5. The Morgan fingerprint density at radius 2 is 1.77 bits per heavy atom. The number of hydrogen-bond acceptors (Lipinski definition) is 6. The van der Waals surface area contributed by atoms with Crippen molar-refractivity contribution in [2.24, 2.45) is 0 Å². The van der Waals surface area contributed by atoms with Crippen LogP contribution in [0.25, 0.3) is 10.9 Å². The largest absolute Gasteiger partial charge is 0.492 e. The first kappa shape index (κ1) is 33.5. The lowest BCUT2D eigenvalue weighted by molar-refractivity contribution is -0.140. The van der Waals surface area contributed by atoms with E-state index in [0.29, 0.717) is 15.2 Å². The fourth-order valence-electron chi connectivity index (χ4n) is 5.37. The molecule has 0 spiro atoms. The average Bonchev–Trinajstić information content (AvgIpc) is 2.93. The van der Waals surface area contributed by atoms with Gasteiger partial charge < -0.3 is 29.2 Å². The molecular weight excluding hydrogens is 655 g/mol. The zero-order chi connectivity index (χ0) is 32.5. The van der Waals surface area contributed by atoms with E-state index in [2.05, 4.69) is 5.32 Å². The molecule has 2 amide bonds. The average molecular weight is 682 g/mol. The number of carbonyl (C=O) groups is 2. The van der Waals surface area contributed by atoms with Crippen LogP contribution in [0.3, 0.4) is 0 Å². The van der Waals surface area contributed by atoms with E-state index < -0.39 is 53.3 Å². The van der Waals surface area contributed by atoms with Crippen LogP contribution in [0.4, 0.5) is 28.0 Å². The highest BCUT2D eigenvalue weighted by molar-refractivity contribution is 6.35. The van der Waals surface area contributed by atoms with Gasteiger partial charge in [0.2, 0.25) is 11.3 Å². The molecule has 44 heavy (non-hydrogen) atoms. The zero-order valence-corrected chi connectivity index (χ0v) is 25.9. The summed E-state index contributed by atoms with van der Waals surface area (Å²) in [5, 5.41) is 2.46. The van der Waals surface area contributed by atoms with Gasteiger partial charge >= 0.3 is 12.3 Å². The number of benzene rings is 2. The third-order valence-corrected chi connectivity index (χ3v) is 7.86. The predicted octanol–water partition coefficient (Wildman–Crippen LogP) is 5.97. The Hall–Kier alpha value is -3.42. The van der Waals surface area contributed by atoms with E-state index in [9.17, 15) is 27.6 Å². The number of alkyl halides is 4. The van der Waals surface area contributed by atoms with E-state index in [1.54, 1.807) is 29.7 Å². The van der Waals surface area contributed by atoms with Crippen molar-refractivity contribution in [1.29, 1.82) is 0 Å². The first-order valence-corrected chi connectivity index (χ1v) is 14.5. The van der Waals surface area contributed by atoms with Crippen LogP contribution < -0.4 is 25.1 Å². The molecule has 0 saturated carbocycles. The highest BCUT2D eigenvalue weighted by Gasteiger charge is 2.36. The molecule has 0 radical (unpaired) electrons. The topological polar surface area (TPSA) is 93.1 Å². The number of nitrogens with one attached hydrogen (secondary N) is 1. The van der Waals surface area contributed by atoms with Crippen LogP contribution in [0.15, 0.2) is 35.3 Å². The molecule has 9 nitrogen and oxygen atoms in total. The molecule has 2 aromatic carbocycles. The van der Waals surface area contributed by atoms with E-state index in [-0.39, 0.29) is 53.4 Å². The number of rotatable bonds is 7. The number of fused-ring (bicyclic) bond motifs is 1. The molecule has 2 heterocycles. The zero-order valence-electron chi connectivity index (χ0n) is 23.6. The summed E-state index contributed by atoms with van der Waals surface area (Å²) in [6.07, 6.45) is -5.23. The maximum absolute atomic E-state index is 15.8. The van der Waals surface area contributed by atoms with Crippen LogP contribution in [0, 0.1) is 5.82 Å². The lowest BCUT2D eigenvalue weighted by atomic mass is 10.0. The second-order valence-corrected chi connectivity index (χ2v) is 11.3. The van der Waals surface area contributed by atoms with Gasteiger partial charge in [0, 0.05) is 41.8 Å². The van der Waals surface area contributed by atoms with Gasteiger partial charge in [0.25, 0.3) is 0 Å². The number of halogens is 7. The molecule has 1 aliphatic heterocycles. The first-order valence-electron chi connectivity index (χ1n) is 13.2. The quantitative estimate of drug-likeness (QED) is 0.244. The number of hydrogen-bond donors (Lipinski definition) is 1. The maximum Gasteiger partial charge on any atom is 0.413 e.